The summed E-state index contributed by atoms with van der Waals surface area (Å²) in [5.41, 5.74) is 0. The van der Waals surface area contributed by atoms with Gasteiger partial charge in [-0.3, -0.25) is 4.79 Å². The Morgan fingerprint density at radius 2 is 1.79 bits per heavy atom. The van der Waals surface area contributed by atoms with Crippen LogP contribution in [0.15, 0.2) is 0 Å². The summed E-state index contributed by atoms with van der Waals surface area (Å²) in [4.78, 5) is 22.8. The lowest BCUT2D eigenvalue weighted by atomic mass is 9.96. The molecule has 0 aromatic heterocycles. The first kappa shape index (κ1) is 15.8. The molecule has 19 heavy (non-hydrogen) atoms. The number of carbonyl (C=O) groups is 2. The van der Waals surface area contributed by atoms with Crippen LogP contribution < -0.4 is 16.0 Å². The lowest BCUT2D eigenvalue weighted by Gasteiger charge is -2.22. The van der Waals surface area contributed by atoms with E-state index >= 15 is 0 Å². The fourth-order valence-electron chi connectivity index (χ4n) is 2.22. The molecule has 1 rings (SSSR count). The van der Waals surface area contributed by atoms with Crippen LogP contribution in [0.2, 0.25) is 0 Å². The number of nitrogens with one attached hydrogen (secondary N) is 3. The summed E-state index contributed by atoms with van der Waals surface area (Å²) >= 11 is 0. The van der Waals surface area contributed by atoms with Crippen LogP contribution in [0.3, 0.4) is 0 Å². The Kier molecular flexibility index (Phi) is 7.97. The molecular weight excluding hydrogens is 246 g/mol. The van der Waals surface area contributed by atoms with Gasteiger partial charge in [-0.05, 0) is 19.3 Å². The van der Waals surface area contributed by atoms with Crippen molar-refractivity contribution in [1.82, 2.24) is 16.0 Å². The average molecular weight is 271 g/mol. The lowest BCUT2D eigenvalue weighted by molar-refractivity contribution is -0.121. The number of urea groups is 1. The SMILES string of the molecule is O=C(CCCNC(=O)NC1CCCCC1)NCCO. The van der Waals surface area contributed by atoms with Crippen LogP contribution in [0.4, 0.5) is 4.79 Å². The van der Waals surface area contributed by atoms with Gasteiger partial charge in [0, 0.05) is 25.6 Å². The standard InChI is InChI=1S/C13H25N3O3/c17-10-9-14-12(18)7-4-8-15-13(19)16-11-5-2-1-3-6-11/h11,17H,1-10H2,(H,14,18)(H2,15,16,19). The van der Waals surface area contributed by atoms with E-state index in [1.54, 1.807) is 0 Å². The molecule has 1 fully saturated rings. The molecule has 4 N–H and O–H groups in total. The van der Waals surface area contributed by atoms with E-state index in [0.29, 0.717) is 25.4 Å². The molecule has 0 aliphatic heterocycles. The summed E-state index contributed by atoms with van der Waals surface area (Å²) in [6.07, 6.45) is 6.75. The summed E-state index contributed by atoms with van der Waals surface area (Å²) in [6, 6.07) is 0.171. The molecule has 6 nitrogen and oxygen atoms in total. The molecule has 0 aromatic carbocycles. The van der Waals surface area contributed by atoms with E-state index in [-0.39, 0.29) is 25.1 Å². The van der Waals surface area contributed by atoms with Gasteiger partial charge in [0.15, 0.2) is 0 Å². The largest absolute Gasteiger partial charge is 0.395 e. The first-order valence-corrected chi connectivity index (χ1v) is 7.14. The molecule has 0 radical (unpaired) electrons. The second-order valence-corrected chi connectivity index (χ2v) is 4.91. The number of aliphatic hydroxyl groups excluding tert-OH is 1. The lowest BCUT2D eigenvalue weighted by Crippen LogP contribution is -2.43. The number of amides is 3. The molecule has 0 unspecified atom stereocenters. The van der Waals surface area contributed by atoms with Crippen molar-refractivity contribution in [2.24, 2.45) is 0 Å². The van der Waals surface area contributed by atoms with Crippen molar-refractivity contribution in [3.05, 3.63) is 0 Å². The van der Waals surface area contributed by atoms with Crippen LogP contribution in [-0.4, -0.2) is 42.8 Å². The van der Waals surface area contributed by atoms with Gasteiger partial charge in [-0.25, -0.2) is 4.79 Å². The third kappa shape index (κ3) is 7.66. The Morgan fingerprint density at radius 1 is 1.05 bits per heavy atom. The molecule has 0 heterocycles. The summed E-state index contributed by atoms with van der Waals surface area (Å²) in [5, 5.41) is 16.8. The predicted molar refractivity (Wildman–Crippen MR) is 72.7 cm³/mol. The molecule has 0 saturated heterocycles. The highest BCUT2D eigenvalue weighted by Gasteiger charge is 2.15. The van der Waals surface area contributed by atoms with Crippen LogP contribution in [0.1, 0.15) is 44.9 Å². The van der Waals surface area contributed by atoms with Crippen molar-refractivity contribution in [2.75, 3.05) is 19.7 Å². The van der Waals surface area contributed by atoms with Crippen molar-refractivity contribution < 1.29 is 14.7 Å². The average Bonchev–Trinajstić information content (AvgIpc) is 2.42. The minimum atomic E-state index is -0.136. The van der Waals surface area contributed by atoms with E-state index in [4.69, 9.17) is 5.11 Å². The van der Waals surface area contributed by atoms with Gasteiger partial charge in [-0.15, -0.1) is 0 Å². The molecule has 6 heteroatoms. The van der Waals surface area contributed by atoms with Gasteiger partial charge in [0.05, 0.1) is 6.61 Å². The summed E-state index contributed by atoms with van der Waals surface area (Å²) in [7, 11) is 0. The second kappa shape index (κ2) is 9.61. The quantitative estimate of drug-likeness (QED) is 0.508. The molecule has 1 aliphatic rings. The molecule has 0 atom stereocenters. The molecule has 0 aromatic rings. The zero-order valence-corrected chi connectivity index (χ0v) is 11.4. The van der Waals surface area contributed by atoms with Crippen LogP contribution in [0.5, 0.6) is 0 Å². The summed E-state index contributed by atoms with van der Waals surface area (Å²) in [5.74, 6) is -0.0939. The van der Waals surface area contributed by atoms with Gasteiger partial charge in [0.2, 0.25) is 5.91 Å². The van der Waals surface area contributed by atoms with E-state index in [9.17, 15) is 9.59 Å². The Bertz CT molecular complexity index is 278. The fourth-order valence-corrected chi connectivity index (χ4v) is 2.22. The van der Waals surface area contributed by atoms with E-state index in [2.05, 4.69) is 16.0 Å². The second-order valence-electron chi connectivity index (χ2n) is 4.91. The molecule has 0 bridgehead atoms. The fraction of sp³-hybridized carbons (Fsp3) is 0.846. The zero-order chi connectivity index (χ0) is 13.9. The van der Waals surface area contributed by atoms with Gasteiger partial charge < -0.3 is 21.1 Å². The third-order valence-corrected chi connectivity index (χ3v) is 3.24. The van der Waals surface area contributed by atoms with Crippen molar-refractivity contribution in [1.29, 1.82) is 0 Å². The van der Waals surface area contributed by atoms with Gasteiger partial charge in [-0.2, -0.15) is 0 Å². The first-order chi connectivity index (χ1) is 9.22. The maximum Gasteiger partial charge on any atom is 0.315 e. The topological polar surface area (TPSA) is 90.5 Å². The summed E-state index contributed by atoms with van der Waals surface area (Å²) in [6.45, 7) is 0.729. The van der Waals surface area contributed by atoms with Crippen molar-refractivity contribution in [2.45, 2.75) is 51.0 Å². The van der Waals surface area contributed by atoms with E-state index in [1.165, 1.54) is 19.3 Å². The van der Waals surface area contributed by atoms with Crippen LogP contribution >= 0.6 is 0 Å². The number of hydrogen-bond donors (Lipinski definition) is 4. The van der Waals surface area contributed by atoms with E-state index < -0.39 is 0 Å². The van der Waals surface area contributed by atoms with Gasteiger partial charge >= 0.3 is 6.03 Å². The monoisotopic (exact) mass is 271 g/mol. The smallest absolute Gasteiger partial charge is 0.315 e. The Hall–Kier alpha value is -1.30. The predicted octanol–water partition coefficient (Wildman–Crippen LogP) is 0.507. The first-order valence-electron chi connectivity index (χ1n) is 7.14. The number of carbonyl (C=O) groups excluding carboxylic acids is 2. The molecular formula is C13H25N3O3. The Balaban J connectivity index is 1.99. The Labute approximate surface area is 114 Å². The summed E-state index contributed by atoms with van der Waals surface area (Å²) < 4.78 is 0. The van der Waals surface area contributed by atoms with Gasteiger partial charge in [0.1, 0.15) is 0 Å². The minimum Gasteiger partial charge on any atom is -0.395 e. The van der Waals surface area contributed by atoms with Gasteiger partial charge in [-0.1, -0.05) is 19.3 Å². The normalized spacial score (nSPS) is 15.8. The van der Waals surface area contributed by atoms with Crippen molar-refractivity contribution >= 4 is 11.9 Å². The minimum absolute atomic E-state index is 0.0478. The van der Waals surface area contributed by atoms with Crippen molar-refractivity contribution in [3.8, 4) is 0 Å². The molecule has 1 aliphatic carbocycles. The van der Waals surface area contributed by atoms with E-state index in [0.717, 1.165) is 12.8 Å². The molecule has 3 amide bonds. The zero-order valence-electron chi connectivity index (χ0n) is 11.4. The molecule has 0 spiro atoms. The maximum absolute atomic E-state index is 11.6. The molecule has 110 valence electrons. The number of aliphatic hydroxyl groups is 1. The van der Waals surface area contributed by atoms with Gasteiger partial charge in [0.25, 0.3) is 0 Å². The Morgan fingerprint density at radius 3 is 2.47 bits per heavy atom. The highest BCUT2D eigenvalue weighted by atomic mass is 16.3. The molecule has 1 saturated carbocycles. The van der Waals surface area contributed by atoms with E-state index in [1.807, 2.05) is 0 Å². The van der Waals surface area contributed by atoms with Crippen LogP contribution in [0, 0.1) is 0 Å². The highest BCUT2D eigenvalue weighted by Crippen LogP contribution is 2.16. The van der Waals surface area contributed by atoms with Crippen molar-refractivity contribution in [3.63, 3.8) is 0 Å². The van der Waals surface area contributed by atoms with Crippen LogP contribution in [0.25, 0.3) is 0 Å². The highest BCUT2D eigenvalue weighted by molar-refractivity contribution is 5.76. The van der Waals surface area contributed by atoms with Crippen LogP contribution in [-0.2, 0) is 4.79 Å². The number of rotatable bonds is 7. The third-order valence-electron chi connectivity index (χ3n) is 3.24. The maximum atomic E-state index is 11.6. The number of hydrogen-bond acceptors (Lipinski definition) is 3.